The van der Waals surface area contributed by atoms with Gasteiger partial charge in [0.25, 0.3) is 5.54 Å². The number of nitrogens with one attached hydrogen (secondary N) is 1. The fraction of sp³-hybridized carbons (Fsp3) is 0.833. The zero-order valence-corrected chi connectivity index (χ0v) is 11.9. The minimum atomic E-state index is -1.57. The van der Waals surface area contributed by atoms with Crippen LogP contribution in [0.25, 0.3) is 0 Å². The van der Waals surface area contributed by atoms with Gasteiger partial charge in [0.2, 0.25) is 0 Å². The monoisotopic (exact) mass is 302 g/mol. The molecule has 1 fully saturated rings. The molecule has 1 aliphatic heterocycles. The second kappa shape index (κ2) is 5.57. The lowest BCUT2D eigenvalue weighted by Gasteiger charge is -2.43. The van der Waals surface area contributed by atoms with Crippen LogP contribution in [0.15, 0.2) is 11.8 Å². The van der Waals surface area contributed by atoms with Crippen molar-refractivity contribution < 1.29 is 24.6 Å². The summed E-state index contributed by atoms with van der Waals surface area (Å²) >= 11 is 0. The molecule has 0 radical (unpaired) electrons. The van der Waals surface area contributed by atoms with Crippen LogP contribution in [0.1, 0.15) is 19.8 Å². The van der Waals surface area contributed by atoms with E-state index in [-0.39, 0.29) is 49.8 Å². The van der Waals surface area contributed by atoms with Crippen LogP contribution >= 0.6 is 0 Å². The maximum Gasteiger partial charge on any atom is 0.331 e. The smallest absolute Gasteiger partial charge is 0.331 e. The summed E-state index contributed by atoms with van der Waals surface area (Å²) in [5, 5.41) is 32.0. The first-order valence-electron chi connectivity index (χ1n) is 6.97. The number of rotatable bonds is 6. The standard InChI is InChI=1S/C12H19N3O6/c1-2-13-8-11(14(17)18)4-3-10(21-6-5-16)12(7-11,9-13)15(19)20/h3,16H,2,4-9H2,1H3/p+1/t11-,12+/m0/s1. The molecular weight excluding hydrogens is 282 g/mol. The number of likely N-dealkylation sites (tertiary alicyclic amines) is 1. The Morgan fingerprint density at radius 2 is 2.10 bits per heavy atom. The van der Waals surface area contributed by atoms with Crippen molar-refractivity contribution in [2.75, 3.05) is 32.8 Å². The lowest BCUT2D eigenvalue weighted by atomic mass is 9.71. The number of piperidine rings is 1. The van der Waals surface area contributed by atoms with Crippen molar-refractivity contribution in [2.24, 2.45) is 0 Å². The Morgan fingerprint density at radius 3 is 2.62 bits per heavy atom. The molecule has 1 aliphatic carbocycles. The van der Waals surface area contributed by atoms with E-state index in [4.69, 9.17) is 9.84 Å². The van der Waals surface area contributed by atoms with Gasteiger partial charge in [-0.25, -0.2) is 0 Å². The molecule has 2 N–H and O–H groups in total. The van der Waals surface area contributed by atoms with Crippen molar-refractivity contribution in [1.29, 1.82) is 0 Å². The van der Waals surface area contributed by atoms with Gasteiger partial charge in [-0.05, 0) is 13.0 Å². The van der Waals surface area contributed by atoms with Gasteiger partial charge in [0.1, 0.15) is 19.6 Å². The van der Waals surface area contributed by atoms with Gasteiger partial charge < -0.3 is 14.7 Å². The Hall–Kier alpha value is -1.74. The Labute approximate surface area is 121 Å². The normalized spacial score (nSPS) is 35.0. The molecule has 0 amide bonds. The van der Waals surface area contributed by atoms with Crippen molar-refractivity contribution in [3.8, 4) is 0 Å². The number of aliphatic hydroxyl groups excluding tert-OH is 1. The summed E-state index contributed by atoms with van der Waals surface area (Å²) in [6.07, 6.45) is 1.44. The first-order chi connectivity index (χ1) is 9.90. The molecule has 0 saturated carbocycles. The van der Waals surface area contributed by atoms with Gasteiger partial charge in [-0.1, -0.05) is 0 Å². The number of ether oxygens (including phenoxy) is 1. The molecule has 21 heavy (non-hydrogen) atoms. The Kier molecular flexibility index (Phi) is 4.15. The van der Waals surface area contributed by atoms with Crippen LogP contribution in [-0.4, -0.2) is 58.9 Å². The van der Waals surface area contributed by atoms with E-state index >= 15 is 0 Å². The number of nitro groups is 2. The molecule has 0 spiro atoms. The molecule has 1 saturated heterocycles. The molecule has 1 unspecified atom stereocenters. The zero-order valence-electron chi connectivity index (χ0n) is 11.9. The summed E-state index contributed by atoms with van der Waals surface area (Å²) in [5.74, 6) is 0.157. The predicted molar refractivity (Wildman–Crippen MR) is 71.0 cm³/mol. The largest absolute Gasteiger partial charge is 0.488 e. The Morgan fingerprint density at radius 1 is 1.38 bits per heavy atom. The third-order valence-electron chi connectivity index (χ3n) is 4.45. The first kappa shape index (κ1) is 15.6. The van der Waals surface area contributed by atoms with E-state index in [2.05, 4.69) is 0 Å². The van der Waals surface area contributed by atoms with Crippen LogP contribution in [0.4, 0.5) is 0 Å². The Balaban J connectivity index is 2.45. The number of aliphatic hydroxyl groups is 1. The fourth-order valence-corrected chi connectivity index (χ4v) is 3.42. The van der Waals surface area contributed by atoms with E-state index in [1.807, 2.05) is 6.92 Å². The highest BCUT2D eigenvalue weighted by atomic mass is 16.6. The van der Waals surface area contributed by atoms with Crippen LogP contribution in [0.2, 0.25) is 0 Å². The first-order valence-corrected chi connectivity index (χ1v) is 6.97. The lowest BCUT2D eigenvalue weighted by Crippen LogP contribution is -3.18. The molecule has 2 bridgehead atoms. The molecule has 118 valence electrons. The topological polar surface area (TPSA) is 120 Å². The van der Waals surface area contributed by atoms with Crippen molar-refractivity contribution in [1.82, 2.24) is 0 Å². The van der Waals surface area contributed by atoms with Gasteiger partial charge in [0, 0.05) is 16.3 Å². The maximum atomic E-state index is 11.7. The molecule has 0 aromatic heterocycles. The minimum Gasteiger partial charge on any atom is -0.488 e. The van der Waals surface area contributed by atoms with Gasteiger partial charge >= 0.3 is 5.54 Å². The van der Waals surface area contributed by atoms with Gasteiger partial charge in [-0.15, -0.1) is 0 Å². The van der Waals surface area contributed by atoms with E-state index in [0.29, 0.717) is 6.54 Å². The summed E-state index contributed by atoms with van der Waals surface area (Å²) in [5.41, 5.74) is -2.87. The molecule has 9 nitrogen and oxygen atoms in total. The summed E-state index contributed by atoms with van der Waals surface area (Å²) < 4.78 is 5.33. The van der Waals surface area contributed by atoms with E-state index in [1.165, 1.54) is 6.08 Å². The molecule has 2 rings (SSSR count). The minimum absolute atomic E-state index is 0.0473. The summed E-state index contributed by atoms with van der Waals surface area (Å²) in [6.45, 7) is 2.59. The van der Waals surface area contributed by atoms with E-state index in [0.717, 1.165) is 4.90 Å². The third kappa shape index (κ3) is 2.46. The zero-order chi connectivity index (χ0) is 15.7. The average Bonchev–Trinajstić information content (AvgIpc) is 2.45. The third-order valence-corrected chi connectivity index (χ3v) is 4.45. The molecule has 2 aliphatic rings. The molecule has 3 atom stereocenters. The van der Waals surface area contributed by atoms with Gasteiger partial charge in [0.15, 0.2) is 12.3 Å². The average molecular weight is 302 g/mol. The van der Waals surface area contributed by atoms with E-state index < -0.39 is 16.0 Å². The lowest BCUT2D eigenvalue weighted by molar-refractivity contribution is -0.942. The van der Waals surface area contributed by atoms with Crippen molar-refractivity contribution in [2.45, 2.75) is 30.8 Å². The highest BCUT2D eigenvalue weighted by molar-refractivity contribution is 5.20. The van der Waals surface area contributed by atoms with E-state index in [9.17, 15) is 20.2 Å². The molecule has 0 aromatic rings. The second-order valence-corrected chi connectivity index (χ2v) is 5.75. The molecule has 0 aromatic carbocycles. The van der Waals surface area contributed by atoms with Crippen molar-refractivity contribution in [3.63, 3.8) is 0 Å². The molecule has 9 heteroatoms. The SMILES string of the molecule is CC[NH+]1C[C@]2([N+](=O)[O-])CC=C(OCCO)[C@]([N+](=O)[O-])(C1)C2. The number of likely N-dealkylation sites (N-methyl/N-ethyl adjacent to an activating group) is 1. The Bertz CT molecular complexity index is 482. The fourth-order valence-electron chi connectivity index (χ4n) is 3.42. The summed E-state index contributed by atoms with van der Waals surface area (Å²) in [4.78, 5) is 23.2. The molecule has 1 heterocycles. The number of quaternary nitrogens is 1. The number of nitrogens with zero attached hydrogens (tertiary/aromatic N) is 2. The van der Waals surface area contributed by atoms with Crippen LogP contribution in [-0.2, 0) is 4.74 Å². The van der Waals surface area contributed by atoms with Crippen molar-refractivity contribution in [3.05, 3.63) is 32.1 Å². The van der Waals surface area contributed by atoms with Crippen LogP contribution in [0, 0.1) is 20.2 Å². The summed E-state index contributed by atoms with van der Waals surface area (Å²) in [7, 11) is 0. The van der Waals surface area contributed by atoms with Gasteiger partial charge in [0.05, 0.1) is 13.2 Å². The van der Waals surface area contributed by atoms with Gasteiger partial charge in [-0.3, -0.25) is 20.2 Å². The summed E-state index contributed by atoms with van der Waals surface area (Å²) in [6, 6.07) is 0. The van der Waals surface area contributed by atoms with Crippen LogP contribution in [0.5, 0.6) is 0 Å². The van der Waals surface area contributed by atoms with E-state index in [1.54, 1.807) is 0 Å². The van der Waals surface area contributed by atoms with Crippen LogP contribution in [0.3, 0.4) is 0 Å². The second-order valence-electron chi connectivity index (χ2n) is 5.75. The van der Waals surface area contributed by atoms with Gasteiger partial charge in [-0.2, -0.15) is 0 Å². The van der Waals surface area contributed by atoms with Crippen LogP contribution < -0.4 is 4.90 Å². The molecular formula is C12H20N3O6+. The highest BCUT2D eigenvalue weighted by Gasteiger charge is 2.69. The van der Waals surface area contributed by atoms with Crippen molar-refractivity contribution >= 4 is 0 Å². The predicted octanol–water partition coefficient (Wildman–Crippen LogP) is -1.38. The quantitative estimate of drug-likeness (QED) is 0.461. The number of hydrogen-bond donors (Lipinski definition) is 2. The maximum absolute atomic E-state index is 11.7. The number of fused-ring (bicyclic) bond motifs is 2. The highest BCUT2D eigenvalue weighted by Crippen LogP contribution is 2.40. The number of hydrogen-bond acceptors (Lipinski definition) is 6.